The molecule has 2 aromatic carbocycles. The first-order valence-electron chi connectivity index (χ1n) is 6.16. The molecule has 0 fully saturated rings. The standard InChI is InChI=1S/C17H15ClO/c1-13-11-15(8-10-17(13)18)12-16(19)9-7-14-5-3-2-4-6-14/h2-11H,12H2,1H3/b9-7+. The zero-order valence-electron chi connectivity index (χ0n) is 10.8. The molecule has 0 radical (unpaired) electrons. The minimum Gasteiger partial charge on any atom is -0.294 e. The molecule has 0 unspecified atom stereocenters. The maximum absolute atomic E-state index is 11.9. The van der Waals surface area contributed by atoms with E-state index in [-0.39, 0.29) is 5.78 Å². The molecule has 2 aromatic rings. The number of benzene rings is 2. The van der Waals surface area contributed by atoms with Crippen LogP contribution in [0.2, 0.25) is 5.02 Å². The summed E-state index contributed by atoms with van der Waals surface area (Å²) in [7, 11) is 0. The van der Waals surface area contributed by atoms with Gasteiger partial charge in [0.15, 0.2) is 5.78 Å². The van der Waals surface area contributed by atoms with E-state index >= 15 is 0 Å². The molecule has 0 aromatic heterocycles. The summed E-state index contributed by atoms with van der Waals surface area (Å²) >= 11 is 5.96. The lowest BCUT2D eigenvalue weighted by atomic mass is 10.1. The van der Waals surface area contributed by atoms with E-state index in [2.05, 4.69) is 0 Å². The molecule has 0 spiro atoms. The van der Waals surface area contributed by atoms with E-state index in [0.717, 1.165) is 21.7 Å². The van der Waals surface area contributed by atoms with Crippen LogP contribution in [-0.2, 0) is 11.2 Å². The molecule has 0 amide bonds. The second-order valence-corrected chi connectivity index (χ2v) is 4.88. The summed E-state index contributed by atoms with van der Waals surface area (Å²) < 4.78 is 0. The molecule has 2 heteroatoms. The summed E-state index contributed by atoms with van der Waals surface area (Å²) in [6, 6.07) is 15.5. The van der Waals surface area contributed by atoms with Crippen LogP contribution in [0.5, 0.6) is 0 Å². The fraction of sp³-hybridized carbons (Fsp3) is 0.118. The lowest BCUT2D eigenvalue weighted by Gasteiger charge is -2.01. The van der Waals surface area contributed by atoms with Crippen LogP contribution < -0.4 is 0 Å². The molecule has 0 saturated heterocycles. The summed E-state index contributed by atoms with van der Waals surface area (Å²) in [5.74, 6) is 0.0885. The van der Waals surface area contributed by atoms with Crippen LogP contribution in [0.15, 0.2) is 54.6 Å². The van der Waals surface area contributed by atoms with Gasteiger partial charge in [0.1, 0.15) is 0 Å². The van der Waals surface area contributed by atoms with E-state index in [1.807, 2.05) is 61.5 Å². The molecule has 2 rings (SSSR count). The van der Waals surface area contributed by atoms with E-state index in [9.17, 15) is 4.79 Å². The van der Waals surface area contributed by atoms with Gasteiger partial charge >= 0.3 is 0 Å². The number of hydrogen-bond acceptors (Lipinski definition) is 1. The molecular formula is C17H15ClO. The number of carbonyl (C=O) groups excluding carboxylic acids is 1. The molecule has 0 heterocycles. The number of hydrogen-bond donors (Lipinski definition) is 0. The number of ketones is 1. The van der Waals surface area contributed by atoms with Crippen LogP contribution in [0.25, 0.3) is 6.08 Å². The van der Waals surface area contributed by atoms with Gasteiger partial charge in [-0.1, -0.05) is 60.1 Å². The van der Waals surface area contributed by atoms with Crippen molar-refractivity contribution in [3.8, 4) is 0 Å². The van der Waals surface area contributed by atoms with Crippen molar-refractivity contribution in [1.82, 2.24) is 0 Å². The van der Waals surface area contributed by atoms with Gasteiger partial charge in [-0.15, -0.1) is 0 Å². The van der Waals surface area contributed by atoms with Crippen LogP contribution >= 0.6 is 11.6 Å². The predicted molar refractivity (Wildman–Crippen MR) is 80.4 cm³/mol. The van der Waals surface area contributed by atoms with Crippen molar-refractivity contribution in [2.75, 3.05) is 0 Å². The summed E-state index contributed by atoms with van der Waals surface area (Å²) in [6.45, 7) is 1.94. The number of carbonyl (C=O) groups is 1. The van der Waals surface area contributed by atoms with E-state index < -0.39 is 0 Å². The largest absolute Gasteiger partial charge is 0.294 e. The van der Waals surface area contributed by atoms with Crippen molar-refractivity contribution in [1.29, 1.82) is 0 Å². The maximum Gasteiger partial charge on any atom is 0.160 e. The Morgan fingerprint density at radius 2 is 1.89 bits per heavy atom. The molecule has 19 heavy (non-hydrogen) atoms. The first-order valence-corrected chi connectivity index (χ1v) is 6.54. The van der Waals surface area contributed by atoms with Gasteiger partial charge in [-0.2, -0.15) is 0 Å². The molecule has 0 aliphatic heterocycles. The molecule has 0 atom stereocenters. The molecule has 0 aliphatic carbocycles. The van der Waals surface area contributed by atoms with Crippen molar-refractivity contribution in [3.05, 3.63) is 76.3 Å². The highest BCUT2D eigenvalue weighted by Crippen LogP contribution is 2.16. The first kappa shape index (κ1) is 13.6. The fourth-order valence-electron chi connectivity index (χ4n) is 1.83. The van der Waals surface area contributed by atoms with E-state index in [1.54, 1.807) is 6.08 Å². The molecular weight excluding hydrogens is 256 g/mol. The highest BCUT2D eigenvalue weighted by molar-refractivity contribution is 6.31. The molecule has 1 nitrogen and oxygen atoms in total. The van der Waals surface area contributed by atoms with Gasteiger partial charge in [-0.25, -0.2) is 0 Å². The second kappa shape index (κ2) is 6.35. The zero-order valence-corrected chi connectivity index (χ0v) is 11.5. The van der Waals surface area contributed by atoms with E-state index in [0.29, 0.717) is 6.42 Å². The number of halogens is 1. The van der Waals surface area contributed by atoms with Crippen molar-refractivity contribution in [2.24, 2.45) is 0 Å². The summed E-state index contributed by atoms with van der Waals surface area (Å²) in [5, 5.41) is 0.732. The predicted octanol–water partition coefficient (Wildman–Crippen LogP) is 4.47. The molecule has 0 saturated carbocycles. The van der Waals surface area contributed by atoms with Crippen molar-refractivity contribution < 1.29 is 4.79 Å². The minimum atomic E-state index is 0.0885. The van der Waals surface area contributed by atoms with Gasteiger partial charge in [0.05, 0.1) is 0 Å². The van der Waals surface area contributed by atoms with E-state index in [4.69, 9.17) is 11.6 Å². The Kier molecular flexibility index (Phi) is 4.53. The SMILES string of the molecule is Cc1cc(CC(=O)/C=C/c2ccccc2)ccc1Cl. The molecule has 0 aliphatic rings. The van der Waals surface area contributed by atoms with E-state index in [1.165, 1.54) is 0 Å². The van der Waals surface area contributed by atoms with Crippen LogP contribution in [0, 0.1) is 6.92 Å². The van der Waals surface area contributed by atoms with Gasteiger partial charge in [0.25, 0.3) is 0 Å². The minimum absolute atomic E-state index is 0.0885. The van der Waals surface area contributed by atoms with Crippen LogP contribution in [0.1, 0.15) is 16.7 Å². The highest BCUT2D eigenvalue weighted by Gasteiger charge is 2.02. The summed E-state index contributed by atoms with van der Waals surface area (Å²) in [5.41, 5.74) is 3.02. The first-order chi connectivity index (χ1) is 9.15. The monoisotopic (exact) mass is 270 g/mol. The Morgan fingerprint density at radius 1 is 1.16 bits per heavy atom. The van der Waals surface area contributed by atoms with Gasteiger partial charge < -0.3 is 0 Å². The van der Waals surface area contributed by atoms with Crippen molar-refractivity contribution in [2.45, 2.75) is 13.3 Å². The smallest absolute Gasteiger partial charge is 0.160 e. The third-order valence-corrected chi connectivity index (χ3v) is 3.29. The van der Waals surface area contributed by atoms with Crippen LogP contribution in [0.4, 0.5) is 0 Å². The molecule has 0 bridgehead atoms. The lowest BCUT2D eigenvalue weighted by Crippen LogP contribution is -1.98. The Balaban J connectivity index is 2.01. The second-order valence-electron chi connectivity index (χ2n) is 4.47. The third-order valence-electron chi connectivity index (χ3n) is 2.86. The Morgan fingerprint density at radius 3 is 2.58 bits per heavy atom. The van der Waals surface area contributed by atoms with Gasteiger partial charge in [0.2, 0.25) is 0 Å². The van der Waals surface area contributed by atoms with Crippen LogP contribution in [0.3, 0.4) is 0 Å². The van der Waals surface area contributed by atoms with Crippen LogP contribution in [-0.4, -0.2) is 5.78 Å². The van der Waals surface area contributed by atoms with Crippen molar-refractivity contribution in [3.63, 3.8) is 0 Å². The molecule has 96 valence electrons. The number of rotatable bonds is 4. The highest BCUT2D eigenvalue weighted by atomic mass is 35.5. The Labute approximate surface area is 118 Å². The summed E-state index contributed by atoms with van der Waals surface area (Å²) in [6.07, 6.45) is 3.87. The Hall–Kier alpha value is -1.86. The average Bonchev–Trinajstić information content (AvgIpc) is 2.42. The topological polar surface area (TPSA) is 17.1 Å². The molecule has 0 N–H and O–H groups in total. The average molecular weight is 271 g/mol. The maximum atomic E-state index is 11.9. The number of aryl methyl sites for hydroxylation is 1. The van der Waals surface area contributed by atoms with Gasteiger partial charge in [0, 0.05) is 11.4 Å². The Bertz CT molecular complexity index is 600. The normalized spacial score (nSPS) is 10.8. The summed E-state index contributed by atoms with van der Waals surface area (Å²) in [4.78, 5) is 11.9. The lowest BCUT2D eigenvalue weighted by molar-refractivity contribution is -0.113. The third kappa shape index (κ3) is 4.08. The zero-order chi connectivity index (χ0) is 13.7. The van der Waals surface area contributed by atoms with Gasteiger partial charge in [-0.05, 0) is 35.8 Å². The fourth-order valence-corrected chi connectivity index (χ4v) is 1.95. The number of allylic oxidation sites excluding steroid dienone is 1. The van der Waals surface area contributed by atoms with Gasteiger partial charge in [-0.3, -0.25) is 4.79 Å². The quantitative estimate of drug-likeness (QED) is 0.749. The van der Waals surface area contributed by atoms with Crippen molar-refractivity contribution >= 4 is 23.5 Å².